The van der Waals surface area contributed by atoms with E-state index in [4.69, 9.17) is 0 Å². The molecule has 7 rings (SSSR count). The first-order valence-electron chi connectivity index (χ1n) is 17.9. The molecule has 0 radical (unpaired) electrons. The maximum absolute atomic E-state index is 16.2. The number of aliphatic hydroxyl groups is 2. The molecule has 0 bridgehead atoms. The highest BCUT2D eigenvalue weighted by Crippen LogP contribution is 2.47. The minimum atomic E-state index is -4.11. The van der Waals surface area contributed by atoms with Crippen LogP contribution >= 0.6 is 0 Å². The highest BCUT2D eigenvalue weighted by atomic mass is 19.3. The van der Waals surface area contributed by atoms with Crippen LogP contribution in [0.15, 0.2) is 115 Å². The van der Waals surface area contributed by atoms with Crippen molar-refractivity contribution in [1.82, 2.24) is 29.1 Å². The van der Waals surface area contributed by atoms with Crippen molar-refractivity contribution in [3.05, 3.63) is 143 Å². The summed E-state index contributed by atoms with van der Waals surface area (Å²) in [6.07, 6.45) is 5.32. The zero-order valence-corrected chi connectivity index (χ0v) is 30.2. The largest absolute Gasteiger partial charge is 0.391 e. The molecule has 11 nitrogen and oxygen atoms in total. The van der Waals surface area contributed by atoms with Gasteiger partial charge in [0.2, 0.25) is 0 Å². The number of nitrogens with zero attached hydrogens (tertiary/aromatic N) is 8. The normalized spacial score (nSPS) is 15.9. The monoisotopic (exact) mass is 756 g/mol. The van der Waals surface area contributed by atoms with E-state index in [9.17, 15) is 23.8 Å². The Morgan fingerprint density at radius 1 is 0.836 bits per heavy atom. The highest BCUT2D eigenvalue weighted by Gasteiger charge is 2.57. The number of benzene rings is 3. The molecule has 0 amide bonds. The Labute approximate surface area is 314 Å². The van der Waals surface area contributed by atoms with E-state index in [0.717, 1.165) is 66.0 Å². The number of aliphatic hydroxyl groups excluding tert-OH is 1. The highest BCUT2D eigenvalue weighted by molar-refractivity contribution is 5.66. The standard InChI is InChI=1S/C40H40F4N8O3/c1-3-36(27(2)53)52-38(54)51(26-47-52)33-13-11-32(12-14-33)49-21-19-48(20-22-49)31-9-5-28(6-10-31)29-7-16-37(45-24-29)40(43,44)39(55,25-50-18-4-17-46-50)34-15-8-30(41)23-35(34)42/h4-18,23-24,26-27,36,53,55H,3,19-22,25H2,1-2H3/t27-,36?,39?/m0/s1. The molecule has 1 fully saturated rings. The van der Waals surface area contributed by atoms with Gasteiger partial charge in [-0.25, -0.2) is 22.8 Å². The van der Waals surface area contributed by atoms with Gasteiger partial charge >= 0.3 is 11.6 Å². The second kappa shape index (κ2) is 15.1. The maximum atomic E-state index is 16.2. The molecule has 6 aromatic rings. The summed E-state index contributed by atoms with van der Waals surface area (Å²) < 4.78 is 64.8. The van der Waals surface area contributed by atoms with Gasteiger partial charge in [0.15, 0.2) is 5.60 Å². The lowest BCUT2D eigenvalue weighted by Gasteiger charge is -2.37. The number of hydrogen-bond donors (Lipinski definition) is 2. The van der Waals surface area contributed by atoms with Crippen LogP contribution in [0.5, 0.6) is 0 Å². The van der Waals surface area contributed by atoms with Crippen molar-refractivity contribution >= 4 is 11.4 Å². The lowest BCUT2D eigenvalue weighted by atomic mass is 9.84. The maximum Gasteiger partial charge on any atom is 0.350 e. The Morgan fingerprint density at radius 3 is 2.00 bits per heavy atom. The number of anilines is 2. The number of hydrogen-bond acceptors (Lipinski definition) is 8. The van der Waals surface area contributed by atoms with Gasteiger partial charge in [-0.1, -0.05) is 25.1 Å². The Hall–Kier alpha value is -5.80. The van der Waals surface area contributed by atoms with Crippen molar-refractivity contribution < 1.29 is 27.8 Å². The van der Waals surface area contributed by atoms with Gasteiger partial charge in [-0.3, -0.25) is 9.67 Å². The summed E-state index contributed by atoms with van der Waals surface area (Å²) in [7, 11) is 0. The summed E-state index contributed by atoms with van der Waals surface area (Å²) in [4.78, 5) is 21.5. The van der Waals surface area contributed by atoms with Crippen LogP contribution in [0.4, 0.5) is 28.9 Å². The van der Waals surface area contributed by atoms with Gasteiger partial charge in [0.25, 0.3) is 0 Å². The van der Waals surface area contributed by atoms with Crippen LogP contribution in [0.3, 0.4) is 0 Å². The summed E-state index contributed by atoms with van der Waals surface area (Å²) >= 11 is 0. The fourth-order valence-corrected chi connectivity index (χ4v) is 7.12. The summed E-state index contributed by atoms with van der Waals surface area (Å²) in [6, 6.07) is 21.1. The number of pyridine rings is 1. The van der Waals surface area contributed by atoms with Crippen LogP contribution in [0.1, 0.15) is 37.6 Å². The topological polar surface area (TPSA) is 117 Å². The molecule has 2 unspecified atom stereocenters. The van der Waals surface area contributed by atoms with Crippen LogP contribution in [0.2, 0.25) is 0 Å². The van der Waals surface area contributed by atoms with Crippen LogP contribution in [0.25, 0.3) is 16.8 Å². The fourth-order valence-electron chi connectivity index (χ4n) is 7.12. The Kier molecular flexibility index (Phi) is 10.3. The third kappa shape index (κ3) is 7.24. The third-order valence-corrected chi connectivity index (χ3v) is 10.3. The van der Waals surface area contributed by atoms with Crippen molar-refractivity contribution in [2.45, 2.75) is 50.5 Å². The summed E-state index contributed by atoms with van der Waals surface area (Å²) in [6.45, 7) is 5.77. The lowest BCUT2D eigenvalue weighted by Crippen LogP contribution is -2.48. The fraction of sp³-hybridized carbons (Fsp3) is 0.300. The molecular weight excluding hydrogens is 716 g/mol. The molecule has 4 heterocycles. The molecular formula is C40H40F4N8O3. The predicted molar refractivity (Wildman–Crippen MR) is 199 cm³/mol. The molecule has 3 aromatic heterocycles. The van der Waals surface area contributed by atoms with Crippen molar-refractivity contribution in [1.29, 1.82) is 0 Å². The molecule has 2 N–H and O–H groups in total. The van der Waals surface area contributed by atoms with E-state index in [1.54, 1.807) is 6.92 Å². The van der Waals surface area contributed by atoms with Gasteiger partial charge in [0.1, 0.15) is 23.7 Å². The zero-order chi connectivity index (χ0) is 38.9. The van der Waals surface area contributed by atoms with E-state index in [0.29, 0.717) is 23.7 Å². The van der Waals surface area contributed by atoms with Crippen molar-refractivity contribution in [3.8, 4) is 16.8 Å². The number of aromatic nitrogens is 6. The van der Waals surface area contributed by atoms with Crippen molar-refractivity contribution in [2.24, 2.45) is 0 Å². The smallest absolute Gasteiger partial charge is 0.350 e. The molecule has 0 aliphatic carbocycles. The minimum absolute atomic E-state index is 0.304. The number of rotatable bonds is 12. The Balaban J connectivity index is 1.00. The van der Waals surface area contributed by atoms with Crippen LogP contribution in [-0.2, 0) is 18.1 Å². The van der Waals surface area contributed by atoms with E-state index >= 15 is 8.78 Å². The van der Waals surface area contributed by atoms with Gasteiger partial charge in [0.05, 0.1) is 24.4 Å². The SMILES string of the molecule is CCC([C@H](C)O)n1ncn(-c2ccc(N3CCN(c4ccc(-c5ccc(C(F)(F)C(O)(Cn6cccn6)c6ccc(F)cc6F)nc5)cc4)CC3)cc2)c1=O. The zero-order valence-electron chi connectivity index (χ0n) is 30.2. The molecule has 1 saturated heterocycles. The first-order chi connectivity index (χ1) is 26.4. The first-order valence-corrected chi connectivity index (χ1v) is 17.9. The van der Waals surface area contributed by atoms with Crippen molar-refractivity contribution in [3.63, 3.8) is 0 Å². The van der Waals surface area contributed by atoms with E-state index in [1.807, 2.05) is 55.5 Å². The van der Waals surface area contributed by atoms with Crippen molar-refractivity contribution in [2.75, 3.05) is 36.0 Å². The average Bonchev–Trinajstić information content (AvgIpc) is 3.84. The molecule has 55 heavy (non-hydrogen) atoms. The Morgan fingerprint density at radius 2 is 1.45 bits per heavy atom. The van der Waals surface area contributed by atoms with E-state index in [-0.39, 0.29) is 5.69 Å². The van der Waals surface area contributed by atoms with Crippen LogP contribution in [-0.4, -0.2) is 71.6 Å². The van der Waals surface area contributed by atoms with E-state index in [2.05, 4.69) is 25.0 Å². The van der Waals surface area contributed by atoms with Gasteiger partial charge < -0.3 is 20.0 Å². The summed E-state index contributed by atoms with van der Waals surface area (Å²) in [5.74, 6) is -6.39. The quantitative estimate of drug-likeness (QED) is 0.148. The Bertz CT molecular complexity index is 2270. The third-order valence-electron chi connectivity index (χ3n) is 10.3. The second-order valence-corrected chi connectivity index (χ2v) is 13.7. The predicted octanol–water partition coefficient (Wildman–Crippen LogP) is 5.91. The van der Waals surface area contributed by atoms with Gasteiger partial charge in [0, 0.05) is 73.3 Å². The molecule has 0 spiro atoms. The number of halogens is 4. The number of alkyl halides is 2. The summed E-state index contributed by atoms with van der Waals surface area (Å²) in [5.41, 5.74) is -1.02. The summed E-state index contributed by atoms with van der Waals surface area (Å²) in [5, 5.41) is 29.7. The van der Waals surface area contributed by atoms with Gasteiger partial charge in [-0.2, -0.15) is 19.0 Å². The minimum Gasteiger partial charge on any atom is -0.391 e. The molecule has 0 saturated carbocycles. The van der Waals surface area contributed by atoms with E-state index in [1.165, 1.54) is 46.3 Å². The number of piperazine rings is 1. The van der Waals surface area contributed by atoms with Gasteiger partial charge in [-0.05, 0) is 79.6 Å². The van der Waals surface area contributed by atoms with Gasteiger partial charge in [-0.15, -0.1) is 0 Å². The average molecular weight is 757 g/mol. The molecule has 15 heteroatoms. The molecule has 1 aliphatic rings. The van der Waals surface area contributed by atoms with E-state index < -0.39 is 53.1 Å². The molecule has 3 atom stereocenters. The molecule has 286 valence electrons. The lowest BCUT2D eigenvalue weighted by molar-refractivity contribution is -0.207. The molecule has 3 aromatic carbocycles. The first kappa shape index (κ1) is 37.5. The van der Waals surface area contributed by atoms with Crippen LogP contribution < -0.4 is 15.5 Å². The second-order valence-electron chi connectivity index (χ2n) is 13.7. The van der Waals surface area contributed by atoms with Crippen LogP contribution in [0, 0.1) is 11.6 Å². The molecule has 1 aliphatic heterocycles.